The number of halogens is 4. The summed E-state index contributed by atoms with van der Waals surface area (Å²) in [6.07, 6.45) is 0.105. The Labute approximate surface area is 119 Å². The van der Waals surface area contributed by atoms with Crippen LogP contribution in [-0.2, 0) is 6.54 Å². The minimum atomic E-state index is -4.03. The van der Waals surface area contributed by atoms with E-state index >= 15 is 0 Å². The molecule has 1 aromatic rings. The molecule has 0 radical (unpaired) electrons. The lowest BCUT2D eigenvalue weighted by molar-refractivity contribution is -0.147. The van der Waals surface area contributed by atoms with Crippen LogP contribution in [0.2, 0.25) is 0 Å². The van der Waals surface area contributed by atoms with Crippen molar-refractivity contribution >= 4 is 15.9 Å². The monoisotopic (exact) mass is 336 g/mol. The van der Waals surface area contributed by atoms with Gasteiger partial charge in [-0.2, -0.15) is 13.2 Å². The topological polar surface area (TPSA) is 16.1 Å². The number of hydrogen-bond acceptors (Lipinski definition) is 2. The van der Waals surface area contributed by atoms with Gasteiger partial charge in [0.2, 0.25) is 0 Å². The highest BCUT2D eigenvalue weighted by atomic mass is 79.9. The molecule has 0 saturated carbocycles. The number of hydrogen-bond donors (Lipinski definition) is 0. The molecule has 0 amide bonds. The van der Waals surface area contributed by atoms with Crippen molar-refractivity contribution in [2.75, 3.05) is 13.1 Å². The molecule has 1 aromatic heterocycles. The first-order chi connectivity index (χ1) is 8.92. The predicted octanol–water partition coefficient (Wildman–Crippen LogP) is 4.01. The van der Waals surface area contributed by atoms with Gasteiger partial charge in [-0.1, -0.05) is 0 Å². The molecule has 2 heterocycles. The van der Waals surface area contributed by atoms with Crippen molar-refractivity contribution in [3.05, 3.63) is 28.5 Å². The van der Waals surface area contributed by atoms with Crippen molar-refractivity contribution < 1.29 is 13.2 Å². The third-order valence-electron chi connectivity index (χ3n) is 3.39. The predicted molar refractivity (Wildman–Crippen MR) is 70.6 cm³/mol. The van der Waals surface area contributed by atoms with Crippen molar-refractivity contribution in [2.45, 2.75) is 32.0 Å². The maximum absolute atomic E-state index is 12.3. The fraction of sp³-hybridized carbons (Fsp3) is 0.615. The lowest BCUT2D eigenvalue weighted by Gasteiger charge is -2.32. The van der Waals surface area contributed by atoms with Crippen LogP contribution in [0.3, 0.4) is 0 Å². The molecule has 1 aliphatic rings. The molecule has 0 aromatic carbocycles. The molecule has 2 nitrogen and oxygen atoms in total. The highest BCUT2D eigenvalue weighted by Crippen LogP contribution is 2.31. The zero-order chi connectivity index (χ0) is 13.9. The zero-order valence-electron chi connectivity index (χ0n) is 10.5. The molecule has 1 saturated heterocycles. The molecule has 0 bridgehead atoms. The summed E-state index contributed by atoms with van der Waals surface area (Å²) in [5.74, 6) is -0.211. The van der Waals surface area contributed by atoms with Gasteiger partial charge in [0.1, 0.15) is 0 Å². The lowest BCUT2D eigenvalue weighted by Crippen LogP contribution is -2.34. The standard InChI is InChI=1S/C13H16BrF3N2/c14-12-5-11(7-18-8-12)9-19-3-1-10(2-4-19)6-13(15,16)17/h5,7-8,10H,1-4,6,9H2. The molecule has 106 valence electrons. The number of alkyl halides is 3. The van der Waals surface area contributed by atoms with Gasteiger partial charge < -0.3 is 0 Å². The molecule has 0 spiro atoms. The fourth-order valence-corrected chi connectivity index (χ4v) is 2.89. The molecule has 1 aliphatic heterocycles. The summed E-state index contributed by atoms with van der Waals surface area (Å²) in [4.78, 5) is 6.28. The highest BCUT2D eigenvalue weighted by Gasteiger charge is 2.33. The average molecular weight is 337 g/mol. The van der Waals surface area contributed by atoms with E-state index in [9.17, 15) is 13.2 Å². The number of pyridine rings is 1. The van der Waals surface area contributed by atoms with Crippen molar-refractivity contribution in [1.82, 2.24) is 9.88 Å². The smallest absolute Gasteiger partial charge is 0.299 e. The van der Waals surface area contributed by atoms with Crippen molar-refractivity contribution in [3.8, 4) is 0 Å². The second-order valence-electron chi connectivity index (χ2n) is 5.05. The molecule has 19 heavy (non-hydrogen) atoms. The minimum absolute atomic E-state index is 0.211. The maximum Gasteiger partial charge on any atom is 0.389 e. The second kappa shape index (κ2) is 6.22. The molecule has 0 aliphatic carbocycles. The Morgan fingerprint density at radius 3 is 2.53 bits per heavy atom. The maximum atomic E-state index is 12.3. The Morgan fingerprint density at radius 1 is 1.26 bits per heavy atom. The van der Waals surface area contributed by atoms with Crippen LogP contribution in [-0.4, -0.2) is 29.1 Å². The molecule has 6 heteroatoms. The van der Waals surface area contributed by atoms with E-state index in [4.69, 9.17) is 0 Å². The lowest BCUT2D eigenvalue weighted by atomic mass is 9.93. The van der Waals surface area contributed by atoms with E-state index in [1.54, 1.807) is 12.4 Å². The first-order valence-corrected chi connectivity index (χ1v) is 7.10. The molecule has 0 unspecified atom stereocenters. The van der Waals surface area contributed by atoms with E-state index in [1.807, 2.05) is 6.07 Å². The Balaban J connectivity index is 1.80. The van der Waals surface area contributed by atoms with Crippen LogP contribution < -0.4 is 0 Å². The van der Waals surface area contributed by atoms with Gasteiger partial charge in [0.25, 0.3) is 0 Å². The van der Waals surface area contributed by atoms with Gasteiger partial charge in [0, 0.05) is 29.8 Å². The SMILES string of the molecule is FC(F)(F)CC1CCN(Cc2cncc(Br)c2)CC1. The van der Waals surface area contributed by atoms with Crippen LogP contribution in [0.4, 0.5) is 13.2 Å². The third kappa shape index (κ3) is 5.10. The van der Waals surface area contributed by atoms with Gasteiger partial charge >= 0.3 is 6.18 Å². The highest BCUT2D eigenvalue weighted by molar-refractivity contribution is 9.10. The van der Waals surface area contributed by atoms with E-state index in [1.165, 1.54) is 0 Å². The first kappa shape index (κ1) is 14.8. The van der Waals surface area contributed by atoms with Gasteiger partial charge in [0.15, 0.2) is 0 Å². The summed E-state index contributed by atoms with van der Waals surface area (Å²) in [5.41, 5.74) is 1.09. The van der Waals surface area contributed by atoms with Gasteiger partial charge in [0.05, 0.1) is 0 Å². The molecular weight excluding hydrogens is 321 g/mol. The summed E-state index contributed by atoms with van der Waals surface area (Å²) >= 11 is 3.36. The van der Waals surface area contributed by atoms with E-state index in [2.05, 4.69) is 25.8 Å². The first-order valence-electron chi connectivity index (χ1n) is 6.31. The van der Waals surface area contributed by atoms with Crippen LogP contribution in [0.5, 0.6) is 0 Å². The van der Waals surface area contributed by atoms with E-state index in [0.29, 0.717) is 12.8 Å². The van der Waals surface area contributed by atoms with Gasteiger partial charge in [-0.25, -0.2) is 0 Å². The number of likely N-dealkylation sites (tertiary alicyclic amines) is 1. The van der Waals surface area contributed by atoms with Crippen molar-refractivity contribution in [2.24, 2.45) is 5.92 Å². The zero-order valence-corrected chi connectivity index (χ0v) is 12.0. The van der Waals surface area contributed by atoms with Crippen LogP contribution in [0.25, 0.3) is 0 Å². The van der Waals surface area contributed by atoms with Crippen LogP contribution in [0.1, 0.15) is 24.8 Å². The van der Waals surface area contributed by atoms with E-state index in [-0.39, 0.29) is 5.92 Å². The summed E-state index contributed by atoms with van der Waals surface area (Å²) in [6, 6.07) is 1.99. The number of nitrogens with zero attached hydrogens (tertiary/aromatic N) is 2. The van der Waals surface area contributed by atoms with Crippen LogP contribution >= 0.6 is 15.9 Å². The quantitative estimate of drug-likeness (QED) is 0.829. The third-order valence-corrected chi connectivity index (χ3v) is 3.83. The normalized spacial score (nSPS) is 18.7. The Kier molecular flexibility index (Phi) is 4.84. The molecule has 2 rings (SSSR count). The largest absolute Gasteiger partial charge is 0.389 e. The van der Waals surface area contributed by atoms with E-state index in [0.717, 1.165) is 29.7 Å². The Morgan fingerprint density at radius 2 is 1.95 bits per heavy atom. The van der Waals surface area contributed by atoms with Gasteiger partial charge in [-0.3, -0.25) is 9.88 Å². The van der Waals surface area contributed by atoms with E-state index < -0.39 is 12.6 Å². The average Bonchev–Trinajstić information content (AvgIpc) is 2.30. The Hall–Kier alpha value is -0.620. The molecular formula is C13H16BrF3N2. The van der Waals surface area contributed by atoms with Crippen molar-refractivity contribution in [1.29, 1.82) is 0 Å². The number of piperidine rings is 1. The minimum Gasteiger partial charge on any atom is -0.299 e. The second-order valence-corrected chi connectivity index (χ2v) is 5.97. The summed E-state index contributed by atoms with van der Waals surface area (Å²) in [6.45, 7) is 2.21. The molecule has 0 atom stereocenters. The Bertz CT molecular complexity index is 415. The summed E-state index contributed by atoms with van der Waals surface area (Å²) in [5, 5.41) is 0. The number of rotatable bonds is 3. The number of aromatic nitrogens is 1. The van der Waals surface area contributed by atoms with Gasteiger partial charge in [-0.05, 0) is 59.4 Å². The fourth-order valence-electron chi connectivity index (χ4n) is 2.48. The van der Waals surface area contributed by atoms with Crippen LogP contribution in [0, 0.1) is 5.92 Å². The summed E-state index contributed by atoms with van der Waals surface area (Å²) < 4.78 is 37.8. The molecule has 0 N–H and O–H groups in total. The van der Waals surface area contributed by atoms with Crippen molar-refractivity contribution in [3.63, 3.8) is 0 Å². The summed E-state index contributed by atoms with van der Waals surface area (Å²) in [7, 11) is 0. The van der Waals surface area contributed by atoms with Crippen LogP contribution in [0.15, 0.2) is 22.9 Å². The van der Waals surface area contributed by atoms with Gasteiger partial charge in [-0.15, -0.1) is 0 Å². The molecule has 1 fully saturated rings.